The Hall–Kier alpha value is -0.0800. The zero-order valence-electron chi connectivity index (χ0n) is 12.4. The van der Waals surface area contributed by atoms with Crippen LogP contribution in [0.1, 0.15) is 64.2 Å². The molecule has 0 aromatic rings. The Labute approximate surface area is 118 Å². The maximum Gasteiger partial charge on any atom is 0.0499 e. The molecule has 1 N–H and O–H groups in total. The van der Waals surface area contributed by atoms with Crippen molar-refractivity contribution in [3.05, 3.63) is 0 Å². The summed E-state index contributed by atoms with van der Waals surface area (Å²) >= 11 is 0. The van der Waals surface area contributed by atoms with Crippen LogP contribution in [-0.2, 0) is 0 Å². The topological polar surface area (TPSA) is 23.5 Å². The lowest BCUT2D eigenvalue weighted by Crippen LogP contribution is -2.42. The van der Waals surface area contributed by atoms with Crippen molar-refractivity contribution in [2.75, 3.05) is 26.2 Å². The summed E-state index contributed by atoms with van der Waals surface area (Å²) < 4.78 is 0. The van der Waals surface area contributed by atoms with Crippen molar-refractivity contribution >= 4 is 0 Å². The second-order valence-electron chi connectivity index (χ2n) is 7.65. The van der Waals surface area contributed by atoms with Gasteiger partial charge in [-0.15, -0.1) is 0 Å². The van der Waals surface area contributed by atoms with Gasteiger partial charge in [0.1, 0.15) is 0 Å². The van der Waals surface area contributed by atoms with Gasteiger partial charge in [0.2, 0.25) is 0 Å². The standard InChI is InChI=1S/C17H31NO/c19-14-17(9-3-1-2-4-10-17)13-18(11-15-5-6-15)12-16-7-8-16/h15-16,19H,1-14H2. The molecular weight excluding hydrogens is 234 g/mol. The molecule has 3 fully saturated rings. The molecule has 2 nitrogen and oxygen atoms in total. The summed E-state index contributed by atoms with van der Waals surface area (Å²) in [6.07, 6.45) is 13.8. The third kappa shape index (κ3) is 4.19. The molecule has 110 valence electrons. The van der Waals surface area contributed by atoms with E-state index in [9.17, 15) is 5.11 Å². The van der Waals surface area contributed by atoms with Gasteiger partial charge < -0.3 is 10.0 Å². The molecule has 0 spiro atoms. The van der Waals surface area contributed by atoms with Gasteiger partial charge in [0.05, 0.1) is 0 Å². The second kappa shape index (κ2) is 6.13. The Morgan fingerprint density at radius 1 is 0.842 bits per heavy atom. The van der Waals surface area contributed by atoms with E-state index in [1.165, 1.54) is 83.8 Å². The van der Waals surface area contributed by atoms with E-state index in [1.54, 1.807) is 0 Å². The van der Waals surface area contributed by atoms with Gasteiger partial charge in [0, 0.05) is 31.7 Å². The summed E-state index contributed by atoms with van der Waals surface area (Å²) in [5, 5.41) is 9.99. The molecule has 3 saturated carbocycles. The van der Waals surface area contributed by atoms with E-state index in [2.05, 4.69) is 4.90 Å². The van der Waals surface area contributed by atoms with E-state index < -0.39 is 0 Å². The maximum absolute atomic E-state index is 9.99. The number of hydrogen-bond acceptors (Lipinski definition) is 2. The molecule has 0 aromatic heterocycles. The lowest BCUT2D eigenvalue weighted by molar-refractivity contribution is 0.0555. The van der Waals surface area contributed by atoms with Crippen molar-refractivity contribution in [3.63, 3.8) is 0 Å². The Bertz CT molecular complexity index is 261. The van der Waals surface area contributed by atoms with E-state index in [4.69, 9.17) is 0 Å². The van der Waals surface area contributed by atoms with Crippen LogP contribution in [0.2, 0.25) is 0 Å². The fourth-order valence-electron chi connectivity index (χ4n) is 3.85. The van der Waals surface area contributed by atoms with Crippen LogP contribution in [0.3, 0.4) is 0 Å². The first-order chi connectivity index (χ1) is 9.30. The Morgan fingerprint density at radius 3 is 1.79 bits per heavy atom. The van der Waals surface area contributed by atoms with Gasteiger partial charge in [-0.3, -0.25) is 0 Å². The van der Waals surface area contributed by atoms with Crippen LogP contribution < -0.4 is 0 Å². The van der Waals surface area contributed by atoms with Crippen molar-refractivity contribution in [1.29, 1.82) is 0 Å². The molecule has 0 aromatic carbocycles. The molecule has 0 atom stereocenters. The molecule has 0 unspecified atom stereocenters. The summed E-state index contributed by atoms with van der Waals surface area (Å²) in [5.74, 6) is 1.97. The molecule has 3 aliphatic carbocycles. The normalized spacial score (nSPS) is 27.5. The van der Waals surface area contributed by atoms with Gasteiger partial charge in [-0.05, 0) is 50.4 Å². The molecule has 0 aliphatic heterocycles. The average molecular weight is 265 g/mol. The fraction of sp³-hybridized carbons (Fsp3) is 1.00. The lowest BCUT2D eigenvalue weighted by Gasteiger charge is -2.37. The van der Waals surface area contributed by atoms with Crippen LogP contribution in [0.5, 0.6) is 0 Å². The van der Waals surface area contributed by atoms with Gasteiger partial charge >= 0.3 is 0 Å². The van der Waals surface area contributed by atoms with Crippen molar-refractivity contribution < 1.29 is 5.11 Å². The molecule has 0 heterocycles. The molecule has 2 heteroatoms. The van der Waals surface area contributed by atoms with Crippen LogP contribution in [0.25, 0.3) is 0 Å². The molecule has 3 aliphatic rings. The highest BCUT2D eigenvalue weighted by Crippen LogP contribution is 2.39. The minimum absolute atomic E-state index is 0.236. The van der Waals surface area contributed by atoms with Gasteiger partial charge in [-0.1, -0.05) is 25.7 Å². The van der Waals surface area contributed by atoms with Crippen LogP contribution in [0.4, 0.5) is 0 Å². The summed E-state index contributed by atoms with van der Waals surface area (Å²) in [5.41, 5.74) is 0.236. The minimum atomic E-state index is 0.236. The van der Waals surface area contributed by atoms with Crippen LogP contribution in [0, 0.1) is 17.3 Å². The number of nitrogens with zero attached hydrogens (tertiary/aromatic N) is 1. The van der Waals surface area contributed by atoms with Crippen LogP contribution in [-0.4, -0.2) is 36.2 Å². The van der Waals surface area contributed by atoms with Crippen molar-refractivity contribution in [3.8, 4) is 0 Å². The molecule has 19 heavy (non-hydrogen) atoms. The Balaban J connectivity index is 1.58. The SMILES string of the molecule is OCC1(CN(CC2CC2)CC2CC2)CCCCCC1. The molecule has 3 rings (SSSR count). The average Bonchev–Trinajstić information content (AvgIpc) is 3.26. The van der Waals surface area contributed by atoms with Crippen LogP contribution in [0.15, 0.2) is 0 Å². The van der Waals surface area contributed by atoms with Crippen molar-refractivity contribution in [2.24, 2.45) is 17.3 Å². The molecule has 0 radical (unpaired) electrons. The second-order valence-corrected chi connectivity index (χ2v) is 7.65. The first kappa shape index (κ1) is 13.9. The highest BCUT2D eigenvalue weighted by atomic mass is 16.3. The first-order valence-corrected chi connectivity index (χ1v) is 8.63. The smallest absolute Gasteiger partial charge is 0.0499 e. The van der Waals surface area contributed by atoms with Gasteiger partial charge in [0.15, 0.2) is 0 Å². The Kier molecular flexibility index (Phi) is 4.48. The third-order valence-electron chi connectivity index (χ3n) is 5.49. The fourth-order valence-corrected chi connectivity index (χ4v) is 3.85. The molecule has 0 bridgehead atoms. The zero-order chi connectivity index (χ0) is 13.1. The third-order valence-corrected chi connectivity index (χ3v) is 5.49. The number of hydrogen-bond donors (Lipinski definition) is 1. The highest BCUT2D eigenvalue weighted by molar-refractivity contribution is 4.89. The molecule has 0 saturated heterocycles. The quantitative estimate of drug-likeness (QED) is 0.713. The van der Waals surface area contributed by atoms with Gasteiger partial charge in [0.25, 0.3) is 0 Å². The van der Waals surface area contributed by atoms with Gasteiger partial charge in [-0.2, -0.15) is 0 Å². The predicted molar refractivity (Wildman–Crippen MR) is 79.1 cm³/mol. The Morgan fingerprint density at radius 2 is 1.37 bits per heavy atom. The van der Waals surface area contributed by atoms with E-state index >= 15 is 0 Å². The van der Waals surface area contributed by atoms with Crippen LogP contribution >= 0.6 is 0 Å². The van der Waals surface area contributed by atoms with E-state index in [0.29, 0.717) is 6.61 Å². The summed E-state index contributed by atoms with van der Waals surface area (Å²) in [4.78, 5) is 2.73. The number of rotatable bonds is 7. The minimum Gasteiger partial charge on any atom is -0.396 e. The summed E-state index contributed by atoms with van der Waals surface area (Å²) in [7, 11) is 0. The van der Waals surface area contributed by atoms with Crippen molar-refractivity contribution in [1.82, 2.24) is 4.90 Å². The monoisotopic (exact) mass is 265 g/mol. The largest absolute Gasteiger partial charge is 0.396 e. The summed E-state index contributed by atoms with van der Waals surface area (Å²) in [6.45, 7) is 4.23. The van der Waals surface area contributed by atoms with E-state index in [-0.39, 0.29) is 5.41 Å². The van der Waals surface area contributed by atoms with Gasteiger partial charge in [-0.25, -0.2) is 0 Å². The number of aliphatic hydroxyl groups excluding tert-OH is 1. The lowest BCUT2D eigenvalue weighted by atomic mass is 9.80. The van der Waals surface area contributed by atoms with E-state index in [0.717, 1.165) is 11.8 Å². The number of aliphatic hydroxyl groups is 1. The summed E-state index contributed by atoms with van der Waals surface area (Å²) in [6, 6.07) is 0. The zero-order valence-corrected chi connectivity index (χ0v) is 12.4. The first-order valence-electron chi connectivity index (χ1n) is 8.63. The predicted octanol–water partition coefficient (Wildman–Crippen LogP) is 3.44. The van der Waals surface area contributed by atoms with Crippen molar-refractivity contribution in [2.45, 2.75) is 64.2 Å². The molecule has 0 amide bonds. The maximum atomic E-state index is 9.99. The highest BCUT2D eigenvalue weighted by Gasteiger charge is 2.36. The molecular formula is C17H31NO. The van der Waals surface area contributed by atoms with E-state index in [1.807, 2.05) is 0 Å².